The van der Waals surface area contributed by atoms with Crippen LogP contribution in [-0.4, -0.2) is 35.6 Å². The van der Waals surface area contributed by atoms with E-state index in [1.54, 1.807) is 4.90 Å². The quantitative estimate of drug-likeness (QED) is 0.854. The predicted octanol–water partition coefficient (Wildman–Crippen LogP) is 3.69. The molecule has 0 spiro atoms. The van der Waals surface area contributed by atoms with Gasteiger partial charge in [-0.3, -0.25) is 4.79 Å². The maximum absolute atomic E-state index is 12.2. The Hall–Kier alpha value is -2.04. The Balaban J connectivity index is 1.68. The van der Waals surface area contributed by atoms with E-state index in [1.807, 2.05) is 20.8 Å². The summed E-state index contributed by atoms with van der Waals surface area (Å²) in [6.45, 7) is 7.04. The summed E-state index contributed by atoms with van der Waals surface area (Å²) in [6.07, 6.45) is 2.93. The molecule has 0 radical (unpaired) electrons. The fourth-order valence-corrected chi connectivity index (χ4v) is 3.47. The van der Waals surface area contributed by atoms with E-state index < -0.39 is 5.60 Å². The summed E-state index contributed by atoms with van der Waals surface area (Å²) >= 11 is 0. The first-order chi connectivity index (χ1) is 11.3. The normalized spacial score (nSPS) is 18.8. The number of amides is 2. The smallest absolute Gasteiger partial charge is 0.410 e. The average Bonchev–Trinajstić information content (AvgIpc) is 2.53. The van der Waals surface area contributed by atoms with Gasteiger partial charge in [0.2, 0.25) is 5.91 Å². The zero-order valence-electron chi connectivity index (χ0n) is 14.7. The van der Waals surface area contributed by atoms with Gasteiger partial charge in [0.15, 0.2) is 0 Å². The number of hydrogen-bond acceptors (Lipinski definition) is 3. The van der Waals surface area contributed by atoms with Crippen molar-refractivity contribution in [2.75, 3.05) is 18.4 Å². The van der Waals surface area contributed by atoms with Crippen molar-refractivity contribution in [3.63, 3.8) is 0 Å². The molecule has 1 aromatic rings. The molecule has 5 nitrogen and oxygen atoms in total. The summed E-state index contributed by atoms with van der Waals surface area (Å²) in [4.78, 5) is 25.7. The standard InChI is InChI=1S/C19H26N2O3/c1-19(2,3)24-18(23)21-11-9-13(10-12-21)15-6-4-5-14-7-8-16(22)20-17(14)15/h4-6,13H,7-12H2,1-3H3,(H,20,22). The van der Waals surface area contributed by atoms with Crippen LogP contribution in [0.3, 0.4) is 0 Å². The van der Waals surface area contributed by atoms with Crippen molar-refractivity contribution < 1.29 is 14.3 Å². The van der Waals surface area contributed by atoms with E-state index in [2.05, 4.69) is 23.5 Å². The Bertz CT molecular complexity index is 641. The van der Waals surface area contributed by atoms with Crippen molar-refractivity contribution in [3.8, 4) is 0 Å². The molecule has 2 aliphatic rings. The van der Waals surface area contributed by atoms with Crippen molar-refractivity contribution in [2.45, 2.75) is 58.0 Å². The molecule has 3 rings (SSSR count). The monoisotopic (exact) mass is 330 g/mol. The minimum absolute atomic E-state index is 0.0983. The largest absolute Gasteiger partial charge is 0.444 e. The second-order valence-corrected chi connectivity index (χ2v) is 7.67. The van der Waals surface area contributed by atoms with Crippen LogP contribution in [0.1, 0.15) is 57.1 Å². The van der Waals surface area contributed by atoms with Gasteiger partial charge in [-0.05, 0) is 57.1 Å². The van der Waals surface area contributed by atoms with Crippen LogP contribution in [0, 0.1) is 0 Å². The number of benzene rings is 1. The van der Waals surface area contributed by atoms with E-state index in [9.17, 15) is 9.59 Å². The highest BCUT2D eigenvalue weighted by molar-refractivity contribution is 5.95. The minimum atomic E-state index is -0.462. The minimum Gasteiger partial charge on any atom is -0.444 e. The first kappa shape index (κ1) is 16.8. The Morgan fingerprint density at radius 2 is 1.92 bits per heavy atom. The third-order valence-electron chi connectivity index (χ3n) is 4.66. The number of fused-ring (bicyclic) bond motifs is 1. The van der Waals surface area contributed by atoms with Crippen LogP contribution in [0.5, 0.6) is 0 Å². The summed E-state index contributed by atoms with van der Waals surface area (Å²) in [7, 11) is 0. The molecule has 0 saturated carbocycles. The number of likely N-dealkylation sites (tertiary alicyclic amines) is 1. The molecule has 1 fully saturated rings. The van der Waals surface area contributed by atoms with E-state index in [0.717, 1.165) is 24.9 Å². The number of rotatable bonds is 1. The third-order valence-corrected chi connectivity index (χ3v) is 4.66. The lowest BCUT2D eigenvalue weighted by Gasteiger charge is -2.34. The van der Waals surface area contributed by atoms with E-state index >= 15 is 0 Å². The molecule has 0 atom stereocenters. The highest BCUT2D eigenvalue weighted by atomic mass is 16.6. The van der Waals surface area contributed by atoms with Gasteiger partial charge in [-0.2, -0.15) is 0 Å². The van der Waals surface area contributed by atoms with Gasteiger partial charge in [-0.15, -0.1) is 0 Å². The number of anilines is 1. The van der Waals surface area contributed by atoms with Gasteiger partial charge in [-0.1, -0.05) is 18.2 Å². The molecule has 2 heterocycles. The molecular formula is C19H26N2O3. The first-order valence-electron chi connectivity index (χ1n) is 8.73. The van der Waals surface area contributed by atoms with Crippen molar-refractivity contribution in [2.24, 2.45) is 0 Å². The zero-order valence-corrected chi connectivity index (χ0v) is 14.7. The predicted molar refractivity (Wildman–Crippen MR) is 93.2 cm³/mol. The molecule has 0 aromatic heterocycles. The van der Waals surface area contributed by atoms with E-state index in [0.29, 0.717) is 25.4 Å². The maximum Gasteiger partial charge on any atom is 0.410 e. The van der Waals surface area contributed by atoms with Crippen molar-refractivity contribution in [1.82, 2.24) is 4.90 Å². The Labute approximate surface area is 143 Å². The second-order valence-electron chi connectivity index (χ2n) is 7.67. The SMILES string of the molecule is CC(C)(C)OC(=O)N1CCC(c2cccc3c2NC(=O)CC3)CC1. The van der Waals surface area contributed by atoms with E-state index in [-0.39, 0.29) is 12.0 Å². The van der Waals surface area contributed by atoms with Crippen LogP contribution in [0.15, 0.2) is 18.2 Å². The zero-order chi connectivity index (χ0) is 17.3. The van der Waals surface area contributed by atoms with Crippen molar-refractivity contribution in [1.29, 1.82) is 0 Å². The Morgan fingerprint density at radius 1 is 1.21 bits per heavy atom. The third kappa shape index (κ3) is 3.71. The highest BCUT2D eigenvalue weighted by Crippen LogP contribution is 2.37. The number of nitrogens with zero attached hydrogens (tertiary/aromatic N) is 1. The van der Waals surface area contributed by atoms with Crippen molar-refractivity contribution in [3.05, 3.63) is 29.3 Å². The van der Waals surface area contributed by atoms with Crippen LogP contribution in [0.25, 0.3) is 0 Å². The van der Waals surface area contributed by atoms with Gasteiger partial charge in [0.05, 0.1) is 0 Å². The van der Waals surface area contributed by atoms with Gasteiger partial charge >= 0.3 is 6.09 Å². The number of carbonyl (C=O) groups is 2. The Kier molecular flexibility index (Phi) is 4.52. The summed E-state index contributed by atoms with van der Waals surface area (Å²) in [6, 6.07) is 6.28. The summed E-state index contributed by atoms with van der Waals surface area (Å²) < 4.78 is 5.45. The molecule has 0 aliphatic carbocycles. The summed E-state index contributed by atoms with van der Waals surface area (Å²) in [5.74, 6) is 0.471. The van der Waals surface area contributed by atoms with Gasteiger partial charge in [0.1, 0.15) is 5.60 Å². The van der Waals surface area contributed by atoms with Gasteiger partial charge in [0.25, 0.3) is 0 Å². The number of aryl methyl sites for hydroxylation is 1. The molecule has 1 N–H and O–H groups in total. The maximum atomic E-state index is 12.2. The average molecular weight is 330 g/mol. The number of para-hydroxylation sites is 1. The molecular weight excluding hydrogens is 304 g/mol. The van der Waals surface area contributed by atoms with Crippen LogP contribution < -0.4 is 5.32 Å². The molecule has 24 heavy (non-hydrogen) atoms. The van der Waals surface area contributed by atoms with Gasteiger partial charge in [0, 0.05) is 25.2 Å². The van der Waals surface area contributed by atoms with Crippen LogP contribution in [-0.2, 0) is 16.0 Å². The number of ether oxygens (including phenoxy) is 1. The molecule has 2 aliphatic heterocycles. The molecule has 130 valence electrons. The number of hydrogen-bond donors (Lipinski definition) is 1. The lowest BCUT2D eigenvalue weighted by atomic mass is 9.85. The molecule has 2 amide bonds. The number of nitrogens with one attached hydrogen (secondary N) is 1. The van der Waals surface area contributed by atoms with E-state index in [1.165, 1.54) is 11.1 Å². The highest BCUT2D eigenvalue weighted by Gasteiger charge is 2.29. The molecule has 0 unspecified atom stereocenters. The molecule has 0 bridgehead atoms. The van der Waals surface area contributed by atoms with Crippen LogP contribution in [0.4, 0.5) is 10.5 Å². The number of carbonyl (C=O) groups excluding carboxylic acids is 2. The lowest BCUT2D eigenvalue weighted by molar-refractivity contribution is -0.116. The summed E-state index contributed by atoms with van der Waals surface area (Å²) in [5, 5.41) is 3.05. The topological polar surface area (TPSA) is 58.6 Å². The van der Waals surface area contributed by atoms with Gasteiger partial charge < -0.3 is 15.0 Å². The Morgan fingerprint density at radius 3 is 2.58 bits per heavy atom. The lowest BCUT2D eigenvalue weighted by Crippen LogP contribution is -2.41. The van der Waals surface area contributed by atoms with Crippen LogP contribution >= 0.6 is 0 Å². The summed E-state index contributed by atoms with van der Waals surface area (Å²) in [5.41, 5.74) is 2.98. The number of piperidine rings is 1. The fourth-order valence-electron chi connectivity index (χ4n) is 3.47. The van der Waals surface area contributed by atoms with Crippen LogP contribution in [0.2, 0.25) is 0 Å². The fraction of sp³-hybridized carbons (Fsp3) is 0.579. The first-order valence-corrected chi connectivity index (χ1v) is 8.73. The second kappa shape index (κ2) is 6.46. The molecule has 1 aromatic carbocycles. The molecule has 5 heteroatoms. The van der Waals surface area contributed by atoms with Crippen molar-refractivity contribution >= 4 is 17.7 Å². The van der Waals surface area contributed by atoms with E-state index in [4.69, 9.17) is 4.74 Å². The van der Waals surface area contributed by atoms with Gasteiger partial charge in [-0.25, -0.2) is 4.79 Å². The molecule has 1 saturated heterocycles.